The van der Waals surface area contributed by atoms with Crippen molar-refractivity contribution >= 4 is 62.0 Å². The molecule has 0 bridgehead atoms. The van der Waals surface area contributed by atoms with Crippen molar-refractivity contribution in [2.75, 3.05) is 4.90 Å². The SMILES string of the molecule is C1=C2CC3CC3CC12c1cc2c3c(c1)Oc1cc4c5ccc(N(c6ccccc6)c6ccccc6)cc5n(-c5ccccc5)c4cc1B3c1ccccc1O2. The van der Waals surface area contributed by atoms with Crippen molar-refractivity contribution in [3.63, 3.8) is 0 Å². The molecule has 8 aromatic rings. The Kier molecular flexibility index (Phi) is 5.89. The highest BCUT2D eigenvalue weighted by Gasteiger charge is 2.58. The van der Waals surface area contributed by atoms with Gasteiger partial charge in [-0.2, -0.15) is 0 Å². The van der Waals surface area contributed by atoms with Crippen LogP contribution in [0.15, 0.2) is 169 Å². The standard InChI is InChI=1S/C50H35BN2O2/c1-4-12-35(13-5-1)52(36-14-6-2-7-15-36)38-20-21-39-40-27-46-42(28-44(40)53(43(39)26-38)37-16-8-3-9-17-37)51-41-18-10-11-19-45(41)54-47-24-33(25-48(55-46)49(47)51)50-29-32-22-31(32)23-34(50)30-50/h1-21,24-28,30-32H,22-23,29H2. The maximum atomic E-state index is 7.10. The van der Waals surface area contributed by atoms with Crippen molar-refractivity contribution in [3.05, 3.63) is 175 Å². The van der Waals surface area contributed by atoms with Crippen LogP contribution >= 0.6 is 0 Å². The second-order valence-corrected chi connectivity index (χ2v) is 16.2. The maximum Gasteiger partial charge on any atom is 0.260 e. The minimum Gasteiger partial charge on any atom is -0.458 e. The summed E-state index contributed by atoms with van der Waals surface area (Å²) in [4.78, 5) is 2.34. The number of benzene rings is 7. The van der Waals surface area contributed by atoms with Crippen LogP contribution in [0.2, 0.25) is 0 Å². The Balaban J connectivity index is 1.04. The van der Waals surface area contributed by atoms with Gasteiger partial charge in [0.2, 0.25) is 0 Å². The summed E-state index contributed by atoms with van der Waals surface area (Å²) >= 11 is 0. The Morgan fingerprint density at radius 2 is 1.24 bits per heavy atom. The van der Waals surface area contributed by atoms with Crippen molar-refractivity contribution in [1.29, 1.82) is 0 Å². The average molecular weight is 707 g/mol. The van der Waals surface area contributed by atoms with Gasteiger partial charge in [0, 0.05) is 44.4 Å². The summed E-state index contributed by atoms with van der Waals surface area (Å²) in [5.41, 5.74) is 13.3. The molecule has 3 aliphatic carbocycles. The molecule has 7 aromatic carbocycles. The van der Waals surface area contributed by atoms with Crippen LogP contribution in [0.4, 0.5) is 17.1 Å². The molecule has 0 spiro atoms. The van der Waals surface area contributed by atoms with Gasteiger partial charge in [-0.25, -0.2) is 0 Å². The third-order valence-corrected chi connectivity index (χ3v) is 13.1. The third kappa shape index (κ3) is 4.29. The first-order valence-corrected chi connectivity index (χ1v) is 19.6. The minimum atomic E-state index is -0.00935. The van der Waals surface area contributed by atoms with Gasteiger partial charge in [0.05, 0.1) is 11.0 Å². The molecule has 3 atom stereocenters. The fourth-order valence-electron chi connectivity index (χ4n) is 10.4. The molecule has 1 aromatic heterocycles. The topological polar surface area (TPSA) is 26.6 Å². The summed E-state index contributed by atoms with van der Waals surface area (Å²) in [6, 6.07) is 56.9. The lowest BCUT2D eigenvalue weighted by Gasteiger charge is -2.34. The van der Waals surface area contributed by atoms with Crippen molar-refractivity contribution in [1.82, 2.24) is 4.57 Å². The van der Waals surface area contributed by atoms with Crippen LogP contribution in [-0.2, 0) is 5.41 Å². The molecule has 2 aliphatic heterocycles. The van der Waals surface area contributed by atoms with Gasteiger partial charge < -0.3 is 18.9 Å². The number of nitrogens with zero attached hydrogens (tertiary/aromatic N) is 2. The molecule has 2 fully saturated rings. The van der Waals surface area contributed by atoms with E-state index in [0.29, 0.717) is 0 Å². The number of fused-ring (bicyclic) bond motifs is 9. The summed E-state index contributed by atoms with van der Waals surface area (Å²) in [5, 5.41) is 2.36. The second-order valence-electron chi connectivity index (χ2n) is 16.2. The molecule has 3 heterocycles. The first-order chi connectivity index (χ1) is 27.2. The normalized spacial score (nSPS) is 20.6. The van der Waals surface area contributed by atoms with Crippen LogP contribution in [0.3, 0.4) is 0 Å². The van der Waals surface area contributed by atoms with Gasteiger partial charge in [-0.15, -0.1) is 0 Å². The number of ether oxygens (including phenoxy) is 2. The second kappa shape index (κ2) is 10.8. The molecule has 0 N–H and O–H groups in total. The molecule has 4 nitrogen and oxygen atoms in total. The molecule has 0 amide bonds. The smallest absolute Gasteiger partial charge is 0.260 e. The molecule has 0 saturated heterocycles. The fraction of sp³-hybridized carbons (Fsp3) is 0.120. The molecule has 5 heteroatoms. The largest absolute Gasteiger partial charge is 0.458 e. The molecule has 2 saturated carbocycles. The highest BCUT2D eigenvalue weighted by Crippen LogP contribution is 2.66. The first kappa shape index (κ1) is 29.9. The summed E-state index contributed by atoms with van der Waals surface area (Å²) in [5.74, 6) is 5.48. The van der Waals surface area contributed by atoms with Gasteiger partial charge in [-0.1, -0.05) is 90.5 Å². The third-order valence-electron chi connectivity index (χ3n) is 13.1. The van der Waals surface area contributed by atoms with E-state index in [1.165, 1.54) is 46.5 Å². The lowest BCUT2D eigenvalue weighted by atomic mass is 9.34. The summed E-state index contributed by atoms with van der Waals surface area (Å²) in [6.45, 7) is -0.00935. The summed E-state index contributed by atoms with van der Waals surface area (Å²) < 4.78 is 16.3. The van der Waals surface area contributed by atoms with Crippen LogP contribution in [0, 0.1) is 11.8 Å². The minimum absolute atomic E-state index is 0.00935. The van der Waals surface area contributed by atoms with E-state index in [9.17, 15) is 0 Å². The molecule has 0 radical (unpaired) electrons. The fourth-order valence-corrected chi connectivity index (χ4v) is 10.4. The summed E-state index contributed by atoms with van der Waals surface area (Å²) in [7, 11) is 0. The van der Waals surface area contributed by atoms with Gasteiger partial charge in [-0.3, -0.25) is 0 Å². The van der Waals surface area contributed by atoms with Crippen molar-refractivity contribution in [3.8, 4) is 28.7 Å². The zero-order valence-electron chi connectivity index (χ0n) is 30.2. The zero-order valence-corrected chi connectivity index (χ0v) is 30.2. The van der Waals surface area contributed by atoms with Gasteiger partial charge >= 0.3 is 0 Å². The van der Waals surface area contributed by atoms with Crippen LogP contribution < -0.4 is 30.8 Å². The highest BCUT2D eigenvalue weighted by molar-refractivity contribution is 6.98. The number of rotatable bonds is 5. The average Bonchev–Trinajstić information content (AvgIpc) is 4.14. The van der Waals surface area contributed by atoms with E-state index in [0.717, 1.165) is 74.1 Å². The van der Waals surface area contributed by atoms with E-state index in [-0.39, 0.29) is 12.1 Å². The lowest BCUT2D eigenvalue weighted by Crippen LogP contribution is -2.57. The molecule has 5 aliphatic rings. The van der Waals surface area contributed by atoms with Crippen LogP contribution in [0.1, 0.15) is 24.8 Å². The Hall–Kier alpha value is -6.46. The number of allylic oxidation sites excluding steroid dienone is 2. The van der Waals surface area contributed by atoms with E-state index >= 15 is 0 Å². The molecule has 55 heavy (non-hydrogen) atoms. The zero-order chi connectivity index (χ0) is 35.8. The van der Waals surface area contributed by atoms with E-state index in [2.05, 4.69) is 173 Å². The molecular weight excluding hydrogens is 671 g/mol. The first-order valence-electron chi connectivity index (χ1n) is 19.6. The van der Waals surface area contributed by atoms with Crippen molar-refractivity contribution in [2.24, 2.45) is 11.8 Å². The van der Waals surface area contributed by atoms with E-state index < -0.39 is 0 Å². The molecule has 260 valence electrons. The molecular formula is C50H35BN2O2. The van der Waals surface area contributed by atoms with Gasteiger partial charge in [-0.05, 0) is 126 Å². The predicted molar refractivity (Wildman–Crippen MR) is 224 cm³/mol. The van der Waals surface area contributed by atoms with E-state index in [1.54, 1.807) is 5.57 Å². The predicted octanol–water partition coefficient (Wildman–Crippen LogP) is 10.6. The van der Waals surface area contributed by atoms with Crippen LogP contribution in [0.5, 0.6) is 23.0 Å². The molecule has 3 unspecified atom stereocenters. The number of anilines is 3. The monoisotopic (exact) mass is 706 g/mol. The highest BCUT2D eigenvalue weighted by atomic mass is 16.5. The quantitative estimate of drug-likeness (QED) is 0.132. The maximum absolute atomic E-state index is 7.10. The number of aromatic nitrogens is 1. The van der Waals surface area contributed by atoms with Gasteiger partial charge in [0.25, 0.3) is 6.71 Å². The van der Waals surface area contributed by atoms with Gasteiger partial charge in [0.1, 0.15) is 23.0 Å². The Labute approximate surface area is 320 Å². The lowest BCUT2D eigenvalue weighted by molar-refractivity contribution is 0.456. The van der Waals surface area contributed by atoms with E-state index in [4.69, 9.17) is 9.47 Å². The van der Waals surface area contributed by atoms with Crippen molar-refractivity contribution in [2.45, 2.75) is 24.7 Å². The Bertz CT molecular complexity index is 2900. The summed E-state index contributed by atoms with van der Waals surface area (Å²) in [6.07, 6.45) is 6.41. The van der Waals surface area contributed by atoms with Crippen LogP contribution in [0.25, 0.3) is 27.5 Å². The van der Waals surface area contributed by atoms with Crippen molar-refractivity contribution < 1.29 is 9.47 Å². The number of para-hydroxylation sites is 4. The Morgan fingerprint density at radius 1 is 0.564 bits per heavy atom. The number of hydrogen-bond acceptors (Lipinski definition) is 3. The Morgan fingerprint density at radius 3 is 2.00 bits per heavy atom. The van der Waals surface area contributed by atoms with Crippen LogP contribution in [-0.4, -0.2) is 11.3 Å². The van der Waals surface area contributed by atoms with E-state index in [1.807, 2.05) is 0 Å². The number of hydrogen-bond donors (Lipinski definition) is 0. The molecule has 13 rings (SSSR count). The van der Waals surface area contributed by atoms with Gasteiger partial charge in [0.15, 0.2) is 0 Å².